The van der Waals surface area contributed by atoms with Gasteiger partial charge in [-0.1, -0.05) is 19.3 Å². The van der Waals surface area contributed by atoms with Crippen LogP contribution >= 0.6 is 11.8 Å². The molecule has 0 N–H and O–H groups in total. The summed E-state index contributed by atoms with van der Waals surface area (Å²) < 4.78 is 0. The maximum Gasteiger partial charge on any atom is 0.115 e. The van der Waals surface area contributed by atoms with E-state index in [1.807, 2.05) is 0 Å². The second-order valence-electron chi connectivity index (χ2n) is 4.07. The predicted octanol–water partition coefficient (Wildman–Crippen LogP) is 3.04. The van der Waals surface area contributed by atoms with E-state index in [9.17, 15) is 0 Å². The molecule has 2 atom stereocenters. The lowest BCUT2D eigenvalue weighted by atomic mass is 10.0. The molecule has 2 rings (SSSR count). The van der Waals surface area contributed by atoms with Gasteiger partial charge in [0.25, 0.3) is 0 Å². The molecule has 0 spiro atoms. The van der Waals surface area contributed by atoms with Gasteiger partial charge in [-0.25, -0.2) is 4.98 Å². The molecule has 1 fully saturated rings. The lowest BCUT2D eigenvalue weighted by molar-refractivity contribution is 0.584. The molecule has 16 heavy (non-hydrogen) atoms. The normalized spacial score (nSPS) is 25.7. The van der Waals surface area contributed by atoms with Gasteiger partial charge >= 0.3 is 0 Å². The Balaban J connectivity index is 2.04. The van der Waals surface area contributed by atoms with Crippen LogP contribution < -0.4 is 0 Å². The van der Waals surface area contributed by atoms with Gasteiger partial charge in [0, 0.05) is 17.6 Å². The SMILES string of the molecule is N#CC1CCCCCC1Sc1cnccn1. The molecule has 1 aromatic rings. The first-order chi connectivity index (χ1) is 7.90. The molecule has 3 nitrogen and oxygen atoms in total. The van der Waals surface area contributed by atoms with Gasteiger partial charge < -0.3 is 0 Å². The van der Waals surface area contributed by atoms with Gasteiger partial charge in [0.1, 0.15) is 5.03 Å². The van der Waals surface area contributed by atoms with E-state index in [1.54, 1.807) is 30.4 Å². The standard InChI is InChI=1S/C12H15N3S/c13-8-10-4-2-1-3-5-11(10)16-12-9-14-6-7-15-12/h6-7,9-11H,1-5H2. The van der Waals surface area contributed by atoms with Crippen molar-refractivity contribution < 1.29 is 0 Å². The van der Waals surface area contributed by atoms with E-state index in [2.05, 4.69) is 16.0 Å². The molecule has 0 bridgehead atoms. The molecule has 0 saturated heterocycles. The maximum atomic E-state index is 9.17. The molecule has 1 aromatic heterocycles. The highest BCUT2D eigenvalue weighted by Gasteiger charge is 2.24. The number of nitrogens with zero attached hydrogens (tertiary/aromatic N) is 3. The van der Waals surface area contributed by atoms with Crippen molar-refractivity contribution in [2.75, 3.05) is 0 Å². The van der Waals surface area contributed by atoms with Gasteiger partial charge in [0.05, 0.1) is 18.2 Å². The Bertz CT molecular complexity index is 360. The summed E-state index contributed by atoms with van der Waals surface area (Å²) in [6.07, 6.45) is 11.0. The third-order valence-electron chi connectivity index (χ3n) is 2.93. The molecule has 1 saturated carbocycles. The summed E-state index contributed by atoms with van der Waals surface area (Å²) in [5.74, 6) is 0.175. The molecule has 0 amide bonds. The van der Waals surface area contributed by atoms with Crippen LogP contribution in [0, 0.1) is 17.2 Å². The summed E-state index contributed by atoms with van der Waals surface area (Å²) in [5.41, 5.74) is 0. The summed E-state index contributed by atoms with van der Waals surface area (Å²) >= 11 is 1.71. The quantitative estimate of drug-likeness (QED) is 0.737. The van der Waals surface area contributed by atoms with Crippen molar-refractivity contribution in [1.82, 2.24) is 9.97 Å². The zero-order chi connectivity index (χ0) is 11.2. The number of aromatic nitrogens is 2. The van der Waals surface area contributed by atoms with E-state index in [0.29, 0.717) is 5.25 Å². The average Bonchev–Trinajstić information content (AvgIpc) is 2.55. The van der Waals surface area contributed by atoms with Crippen molar-refractivity contribution in [1.29, 1.82) is 5.26 Å². The largest absolute Gasteiger partial charge is 0.260 e. The van der Waals surface area contributed by atoms with E-state index < -0.39 is 0 Å². The zero-order valence-electron chi connectivity index (χ0n) is 9.17. The van der Waals surface area contributed by atoms with E-state index in [4.69, 9.17) is 5.26 Å². The second-order valence-corrected chi connectivity index (χ2v) is 5.33. The lowest BCUT2D eigenvalue weighted by Gasteiger charge is -2.17. The van der Waals surface area contributed by atoms with Crippen molar-refractivity contribution in [2.24, 2.45) is 5.92 Å². The molecule has 4 heteroatoms. The first-order valence-corrected chi connectivity index (χ1v) is 6.60. The summed E-state index contributed by atoms with van der Waals surface area (Å²) in [5, 5.41) is 10.5. The fraction of sp³-hybridized carbons (Fsp3) is 0.583. The van der Waals surface area contributed by atoms with Gasteiger partial charge in [-0.3, -0.25) is 4.98 Å². The smallest absolute Gasteiger partial charge is 0.115 e. The summed E-state index contributed by atoms with van der Waals surface area (Å²) in [7, 11) is 0. The summed E-state index contributed by atoms with van der Waals surface area (Å²) in [4.78, 5) is 8.32. The van der Waals surface area contributed by atoms with Crippen molar-refractivity contribution >= 4 is 11.8 Å². The van der Waals surface area contributed by atoms with Crippen molar-refractivity contribution in [3.8, 4) is 6.07 Å². The Morgan fingerprint density at radius 1 is 1.25 bits per heavy atom. The minimum absolute atomic E-state index is 0.175. The van der Waals surface area contributed by atoms with Gasteiger partial charge in [-0.15, -0.1) is 11.8 Å². The molecule has 1 heterocycles. The Morgan fingerprint density at radius 3 is 2.88 bits per heavy atom. The molecule has 0 radical (unpaired) electrons. The highest BCUT2D eigenvalue weighted by molar-refractivity contribution is 7.99. The van der Waals surface area contributed by atoms with Gasteiger partial charge in [0.2, 0.25) is 0 Å². The fourth-order valence-electron chi connectivity index (χ4n) is 2.06. The number of nitriles is 1. The minimum Gasteiger partial charge on any atom is -0.260 e. The Morgan fingerprint density at radius 2 is 2.12 bits per heavy atom. The molecule has 0 aromatic carbocycles. The Labute approximate surface area is 100 Å². The summed E-state index contributed by atoms with van der Waals surface area (Å²) in [6, 6.07) is 2.45. The monoisotopic (exact) mass is 233 g/mol. The Kier molecular flexibility index (Phi) is 4.17. The Hall–Kier alpha value is -1.08. The first-order valence-electron chi connectivity index (χ1n) is 5.72. The van der Waals surface area contributed by atoms with Crippen molar-refractivity contribution in [3.05, 3.63) is 18.6 Å². The number of thioether (sulfide) groups is 1. The molecular formula is C12H15N3S. The van der Waals surface area contributed by atoms with Gasteiger partial charge in [-0.05, 0) is 12.8 Å². The first kappa shape index (κ1) is 11.4. The molecule has 0 aliphatic heterocycles. The third-order valence-corrected chi connectivity index (χ3v) is 4.25. The van der Waals surface area contributed by atoms with Gasteiger partial charge in [-0.2, -0.15) is 5.26 Å². The van der Waals surface area contributed by atoms with Crippen LogP contribution in [0.1, 0.15) is 32.1 Å². The third kappa shape index (κ3) is 2.96. The highest BCUT2D eigenvalue weighted by atomic mass is 32.2. The molecule has 2 unspecified atom stereocenters. The average molecular weight is 233 g/mol. The van der Waals surface area contributed by atoms with Crippen LogP contribution in [-0.2, 0) is 0 Å². The van der Waals surface area contributed by atoms with Crippen LogP contribution in [0.3, 0.4) is 0 Å². The maximum absolute atomic E-state index is 9.17. The van der Waals surface area contributed by atoms with Crippen LogP contribution in [0.2, 0.25) is 0 Å². The highest BCUT2D eigenvalue weighted by Crippen LogP contribution is 2.35. The predicted molar refractivity (Wildman–Crippen MR) is 63.9 cm³/mol. The topological polar surface area (TPSA) is 49.6 Å². The number of hydrogen-bond acceptors (Lipinski definition) is 4. The van der Waals surface area contributed by atoms with Crippen molar-refractivity contribution in [3.63, 3.8) is 0 Å². The number of hydrogen-bond donors (Lipinski definition) is 0. The van der Waals surface area contributed by atoms with Crippen LogP contribution in [0.4, 0.5) is 0 Å². The van der Waals surface area contributed by atoms with Gasteiger partial charge in [0.15, 0.2) is 0 Å². The molecule has 84 valence electrons. The second kappa shape index (κ2) is 5.86. The van der Waals surface area contributed by atoms with E-state index >= 15 is 0 Å². The van der Waals surface area contributed by atoms with Crippen LogP contribution in [0.25, 0.3) is 0 Å². The molecule has 1 aliphatic carbocycles. The van der Waals surface area contributed by atoms with E-state index in [1.165, 1.54) is 19.3 Å². The minimum atomic E-state index is 0.175. The summed E-state index contributed by atoms with van der Waals surface area (Å²) in [6.45, 7) is 0. The fourth-order valence-corrected chi connectivity index (χ4v) is 3.26. The van der Waals surface area contributed by atoms with E-state index in [0.717, 1.165) is 17.9 Å². The van der Waals surface area contributed by atoms with Crippen LogP contribution in [0.5, 0.6) is 0 Å². The van der Waals surface area contributed by atoms with Crippen LogP contribution in [0.15, 0.2) is 23.6 Å². The molecule has 1 aliphatic rings. The zero-order valence-corrected chi connectivity index (χ0v) is 9.99. The van der Waals surface area contributed by atoms with E-state index in [-0.39, 0.29) is 5.92 Å². The lowest BCUT2D eigenvalue weighted by Crippen LogP contribution is -2.14. The van der Waals surface area contributed by atoms with Crippen molar-refractivity contribution in [2.45, 2.75) is 42.4 Å². The number of rotatable bonds is 2. The van der Waals surface area contributed by atoms with Crippen LogP contribution in [-0.4, -0.2) is 15.2 Å². The molecular weight excluding hydrogens is 218 g/mol.